The van der Waals surface area contributed by atoms with Gasteiger partial charge >= 0.3 is 6.03 Å². The molecule has 2 fully saturated rings. The molecule has 0 bridgehead atoms. The second kappa shape index (κ2) is 7.39. The zero-order chi connectivity index (χ0) is 20.6. The van der Waals surface area contributed by atoms with Crippen molar-refractivity contribution in [3.05, 3.63) is 42.0 Å². The number of urea groups is 1. The Kier molecular flexibility index (Phi) is 4.90. The van der Waals surface area contributed by atoms with Crippen LogP contribution in [0.3, 0.4) is 0 Å². The SMILES string of the molecule is COc1ccc2cc([C@@]3(C)NC(=O)N(CC(=O)N4CCCCC4)C3=O)ccc2c1. The Bertz CT molecular complexity index is 983. The van der Waals surface area contributed by atoms with Gasteiger partial charge in [0.05, 0.1) is 7.11 Å². The van der Waals surface area contributed by atoms with Gasteiger partial charge in [0, 0.05) is 13.1 Å². The molecule has 0 aliphatic carbocycles. The highest BCUT2D eigenvalue weighted by Gasteiger charge is 2.49. The summed E-state index contributed by atoms with van der Waals surface area (Å²) in [6.07, 6.45) is 3.04. The maximum absolute atomic E-state index is 13.1. The van der Waals surface area contributed by atoms with Crippen LogP contribution in [0.5, 0.6) is 5.75 Å². The first kappa shape index (κ1) is 19.2. The number of fused-ring (bicyclic) bond motifs is 1. The molecule has 1 N–H and O–H groups in total. The molecule has 0 aromatic heterocycles. The fourth-order valence-corrected chi connectivity index (χ4v) is 4.08. The molecule has 2 saturated heterocycles. The summed E-state index contributed by atoms with van der Waals surface area (Å²) in [4.78, 5) is 41.0. The topological polar surface area (TPSA) is 79.0 Å². The summed E-state index contributed by atoms with van der Waals surface area (Å²) in [5.74, 6) is 0.174. The predicted molar refractivity (Wildman–Crippen MR) is 109 cm³/mol. The number of rotatable bonds is 4. The maximum Gasteiger partial charge on any atom is 0.325 e. The van der Waals surface area contributed by atoms with Crippen LogP contribution < -0.4 is 10.1 Å². The third-order valence-corrected chi connectivity index (χ3v) is 5.90. The van der Waals surface area contributed by atoms with E-state index in [1.807, 2.05) is 36.4 Å². The largest absolute Gasteiger partial charge is 0.497 e. The number of ether oxygens (including phenoxy) is 1. The molecule has 7 nitrogen and oxygen atoms in total. The van der Waals surface area contributed by atoms with Gasteiger partial charge in [-0.2, -0.15) is 0 Å². The minimum Gasteiger partial charge on any atom is -0.497 e. The van der Waals surface area contributed by atoms with Crippen LogP contribution in [-0.4, -0.2) is 54.4 Å². The van der Waals surface area contributed by atoms with Crippen molar-refractivity contribution in [1.82, 2.24) is 15.1 Å². The maximum atomic E-state index is 13.1. The highest BCUT2D eigenvalue weighted by Crippen LogP contribution is 2.32. The van der Waals surface area contributed by atoms with Crippen molar-refractivity contribution in [2.45, 2.75) is 31.7 Å². The summed E-state index contributed by atoms with van der Waals surface area (Å²) in [6.45, 7) is 2.84. The van der Waals surface area contributed by atoms with Crippen LogP contribution >= 0.6 is 0 Å². The van der Waals surface area contributed by atoms with Crippen LogP contribution in [0.4, 0.5) is 4.79 Å². The van der Waals surface area contributed by atoms with E-state index in [0.717, 1.165) is 40.7 Å². The second-order valence-corrected chi connectivity index (χ2v) is 7.82. The molecule has 2 heterocycles. The number of imide groups is 1. The average Bonchev–Trinajstić information content (AvgIpc) is 2.97. The van der Waals surface area contributed by atoms with E-state index < -0.39 is 17.5 Å². The Labute approximate surface area is 169 Å². The monoisotopic (exact) mass is 395 g/mol. The molecule has 0 saturated carbocycles. The zero-order valence-electron chi connectivity index (χ0n) is 16.7. The van der Waals surface area contributed by atoms with Gasteiger partial charge in [-0.1, -0.05) is 18.2 Å². The molecule has 2 aliphatic heterocycles. The van der Waals surface area contributed by atoms with E-state index in [2.05, 4.69) is 5.32 Å². The van der Waals surface area contributed by atoms with Gasteiger partial charge in [-0.3, -0.25) is 14.5 Å². The summed E-state index contributed by atoms with van der Waals surface area (Å²) in [6, 6.07) is 10.8. The van der Waals surface area contributed by atoms with Crippen molar-refractivity contribution in [2.24, 2.45) is 0 Å². The molecule has 7 heteroatoms. The smallest absolute Gasteiger partial charge is 0.325 e. The predicted octanol–water partition coefficient (Wildman–Crippen LogP) is 2.63. The lowest BCUT2D eigenvalue weighted by Gasteiger charge is -2.28. The number of likely N-dealkylation sites (tertiary alicyclic amines) is 1. The van der Waals surface area contributed by atoms with Crippen molar-refractivity contribution >= 4 is 28.6 Å². The van der Waals surface area contributed by atoms with Crippen LogP contribution in [0, 0.1) is 0 Å². The molecular weight excluding hydrogens is 370 g/mol. The zero-order valence-corrected chi connectivity index (χ0v) is 16.7. The first-order chi connectivity index (χ1) is 13.9. The number of carbonyl (C=O) groups excluding carboxylic acids is 3. The Balaban J connectivity index is 1.57. The van der Waals surface area contributed by atoms with E-state index in [-0.39, 0.29) is 12.5 Å². The van der Waals surface area contributed by atoms with E-state index in [1.165, 1.54) is 0 Å². The van der Waals surface area contributed by atoms with E-state index in [9.17, 15) is 14.4 Å². The number of hydrogen-bond acceptors (Lipinski definition) is 4. The van der Waals surface area contributed by atoms with E-state index >= 15 is 0 Å². The van der Waals surface area contributed by atoms with Gasteiger partial charge in [0.25, 0.3) is 5.91 Å². The van der Waals surface area contributed by atoms with Crippen molar-refractivity contribution in [3.8, 4) is 5.75 Å². The summed E-state index contributed by atoms with van der Waals surface area (Å²) >= 11 is 0. The first-order valence-corrected chi connectivity index (χ1v) is 9.92. The van der Waals surface area contributed by atoms with Crippen LogP contribution in [-0.2, 0) is 15.1 Å². The molecule has 152 valence electrons. The lowest BCUT2D eigenvalue weighted by atomic mass is 9.90. The summed E-state index contributed by atoms with van der Waals surface area (Å²) in [7, 11) is 1.61. The molecule has 0 spiro atoms. The van der Waals surface area contributed by atoms with Crippen LogP contribution in [0.25, 0.3) is 10.8 Å². The van der Waals surface area contributed by atoms with Gasteiger partial charge in [-0.25, -0.2) is 4.79 Å². The van der Waals surface area contributed by atoms with Gasteiger partial charge in [-0.05, 0) is 60.7 Å². The summed E-state index contributed by atoms with van der Waals surface area (Å²) in [5, 5.41) is 4.70. The van der Waals surface area contributed by atoms with Crippen molar-refractivity contribution in [2.75, 3.05) is 26.7 Å². The third-order valence-electron chi connectivity index (χ3n) is 5.90. The van der Waals surface area contributed by atoms with Gasteiger partial charge in [0.2, 0.25) is 5.91 Å². The lowest BCUT2D eigenvalue weighted by Crippen LogP contribution is -2.45. The number of benzene rings is 2. The van der Waals surface area contributed by atoms with Gasteiger partial charge in [0.1, 0.15) is 17.8 Å². The number of piperidine rings is 1. The third kappa shape index (κ3) is 3.41. The standard InChI is InChI=1S/C22H25N3O4/c1-22(17-8-6-16-13-18(29-2)9-7-15(16)12-17)20(27)25(21(28)23-22)14-19(26)24-10-4-3-5-11-24/h6-9,12-13H,3-5,10-11,14H2,1-2H3,(H,23,28)/t22-/m1/s1. The molecule has 4 amide bonds. The number of amides is 4. The van der Waals surface area contributed by atoms with E-state index in [4.69, 9.17) is 4.74 Å². The molecule has 2 aromatic rings. The van der Waals surface area contributed by atoms with Gasteiger partial charge < -0.3 is 15.0 Å². The number of nitrogens with zero attached hydrogens (tertiary/aromatic N) is 2. The highest BCUT2D eigenvalue weighted by atomic mass is 16.5. The van der Waals surface area contributed by atoms with Crippen LogP contribution in [0.1, 0.15) is 31.7 Å². The Morgan fingerprint density at radius 1 is 1.07 bits per heavy atom. The molecule has 0 radical (unpaired) electrons. The summed E-state index contributed by atoms with van der Waals surface area (Å²) < 4.78 is 5.25. The quantitative estimate of drug-likeness (QED) is 0.808. The van der Waals surface area contributed by atoms with Gasteiger partial charge in [0.15, 0.2) is 0 Å². The van der Waals surface area contributed by atoms with Crippen molar-refractivity contribution in [3.63, 3.8) is 0 Å². The number of hydrogen-bond donors (Lipinski definition) is 1. The molecule has 2 aromatic carbocycles. The molecule has 29 heavy (non-hydrogen) atoms. The normalized spacial score (nSPS) is 22.1. The fourth-order valence-electron chi connectivity index (χ4n) is 4.08. The van der Waals surface area contributed by atoms with Crippen molar-refractivity contribution < 1.29 is 19.1 Å². The molecular formula is C22H25N3O4. The van der Waals surface area contributed by atoms with Crippen LogP contribution in [0.15, 0.2) is 36.4 Å². The van der Waals surface area contributed by atoms with Crippen LogP contribution in [0.2, 0.25) is 0 Å². The fraction of sp³-hybridized carbons (Fsp3) is 0.409. The minimum absolute atomic E-state index is 0.178. The Morgan fingerprint density at radius 3 is 2.48 bits per heavy atom. The Morgan fingerprint density at radius 2 is 1.76 bits per heavy atom. The first-order valence-electron chi connectivity index (χ1n) is 9.92. The molecule has 1 atom stereocenters. The molecule has 2 aliphatic rings. The summed E-state index contributed by atoms with van der Waals surface area (Å²) in [5.41, 5.74) is -0.519. The minimum atomic E-state index is -1.20. The van der Waals surface area contributed by atoms with Gasteiger partial charge in [-0.15, -0.1) is 0 Å². The molecule has 0 unspecified atom stereocenters. The lowest BCUT2D eigenvalue weighted by molar-refractivity contribution is -0.139. The number of carbonyl (C=O) groups is 3. The van der Waals surface area contributed by atoms with E-state index in [1.54, 1.807) is 18.9 Å². The highest BCUT2D eigenvalue weighted by molar-refractivity contribution is 6.09. The van der Waals surface area contributed by atoms with E-state index in [0.29, 0.717) is 18.7 Å². The average molecular weight is 395 g/mol. The molecule has 4 rings (SSSR count). The Hall–Kier alpha value is -3.09. The van der Waals surface area contributed by atoms with Crippen molar-refractivity contribution in [1.29, 1.82) is 0 Å². The number of nitrogens with one attached hydrogen (secondary N) is 1. The number of methoxy groups -OCH3 is 1. The second-order valence-electron chi connectivity index (χ2n) is 7.82.